The van der Waals surface area contributed by atoms with Crippen molar-refractivity contribution in [3.8, 4) is 0 Å². The van der Waals surface area contributed by atoms with Crippen molar-refractivity contribution >= 4 is 29.0 Å². The minimum atomic E-state index is -0.561. The molecule has 1 N–H and O–H groups in total. The lowest BCUT2D eigenvalue weighted by atomic mass is 10.1. The summed E-state index contributed by atoms with van der Waals surface area (Å²) >= 11 is 5.92. The second-order valence-electron chi connectivity index (χ2n) is 6.08. The Morgan fingerprint density at radius 1 is 1.43 bits per heavy atom. The van der Waals surface area contributed by atoms with Crippen LogP contribution in [0, 0.1) is 0 Å². The van der Waals surface area contributed by atoms with Crippen molar-refractivity contribution in [2.45, 2.75) is 46.1 Å². The molecule has 0 unspecified atom stereocenters. The maximum Gasteiger partial charge on any atom is 0.412 e. The van der Waals surface area contributed by atoms with E-state index in [1.54, 1.807) is 16.8 Å². The zero-order valence-corrected chi connectivity index (χ0v) is 13.5. The number of rotatable bonds is 2. The van der Waals surface area contributed by atoms with Gasteiger partial charge in [0.2, 0.25) is 0 Å². The summed E-state index contributed by atoms with van der Waals surface area (Å²) in [6.07, 6.45) is 1.07. The van der Waals surface area contributed by atoms with Gasteiger partial charge in [-0.15, -0.1) is 0 Å². The topological polar surface area (TPSA) is 68.5 Å². The van der Waals surface area contributed by atoms with E-state index in [1.807, 2.05) is 34.6 Å². The number of hydrogen-bond donors (Lipinski definition) is 1. The molecule has 1 amide bonds. The summed E-state index contributed by atoms with van der Waals surface area (Å²) in [4.78, 5) is 16.2. The molecule has 0 aliphatic rings. The first kappa shape index (κ1) is 15.6. The predicted molar refractivity (Wildman–Crippen MR) is 81.9 cm³/mol. The molecular formula is C14H19ClN4O2. The fourth-order valence-electron chi connectivity index (χ4n) is 1.99. The van der Waals surface area contributed by atoms with Crippen molar-refractivity contribution in [1.82, 2.24) is 14.6 Å². The number of aromatic nitrogens is 3. The second kappa shape index (κ2) is 5.52. The van der Waals surface area contributed by atoms with Gasteiger partial charge in [0.05, 0.1) is 17.6 Å². The van der Waals surface area contributed by atoms with Crippen LogP contribution in [0.4, 0.5) is 10.5 Å². The molecule has 0 fully saturated rings. The molecule has 0 atom stereocenters. The predicted octanol–water partition coefficient (Wildman–Crippen LogP) is 3.85. The monoisotopic (exact) mass is 310 g/mol. The molecule has 7 heteroatoms. The van der Waals surface area contributed by atoms with E-state index in [4.69, 9.17) is 16.3 Å². The van der Waals surface area contributed by atoms with Crippen molar-refractivity contribution in [2.75, 3.05) is 5.32 Å². The van der Waals surface area contributed by atoms with Gasteiger partial charge >= 0.3 is 6.09 Å². The SMILES string of the molecule is CC(C)c1c(NC(=O)OC(C)(C)C)cnc2cc(Cl)nn12. The second-order valence-corrected chi connectivity index (χ2v) is 6.46. The Morgan fingerprint density at radius 3 is 2.67 bits per heavy atom. The van der Waals surface area contributed by atoms with E-state index in [2.05, 4.69) is 15.4 Å². The van der Waals surface area contributed by atoms with Crippen LogP contribution in [0.5, 0.6) is 0 Å². The van der Waals surface area contributed by atoms with Crippen LogP contribution in [0.1, 0.15) is 46.2 Å². The highest BCUT2D eigenvalue weighted by atomic mass is 35.5. The van der Waals surface area contributed by atoms with Gasteiger partial charge in [-0.2, -0.15) is 5.10 Å². The Balaban J connectivity index is 2.39. The lowest BCUT2D eigenvalue weighted by molar-refractivity contribution is 0.0635. The van der Waals surface area contributed by atoms with E-state index in [0.717, 1.165) is 5.69 Å². The standard InChI is InChI=1S/C14H19ClN4O2/c1-8(2)12-9(17-13(20)21-14(3,4)5)7-16-11-6-10(15)18-19(11)12/h6-8H,1-5H3,(H,17,20). The Morgan fingerprint density at radius 2 is 2.10 bits per heavy atom. The quantitative estimate of drug-likeness (QED) is 0.914. The van der Waals surface area contributed by atoms with Gasteiger partial charge in [-0.25, -0.2) is 14.3 Å². The molecule has 0 spiro atoms. The zero-order valence-electron chi connectivity index (χ0n) is 12.8. The van der Waals surface area contributed by atoms with E-state index < -0.39 is 11.7 Å². The highest BCUT2D eigenvalue weighted by Crippen LogP contribution is 2.26. The molecule has 0 bridgehead atoms. The summed E-state index contributed by atoms with van der Waals surface area (Å²) in [6.45, 7) is 9.44. The van der Waals surface area contributed by atoms with Crippen LogP contribution < -0.4 is 5.32 Å². The largest absolute Gasteiger partial charge is 0.444 e. The Bertz CT molecular complexity index is 673. The molecule has 2 aromatic rings. The number of halogens is 1. The van der Waals surface area contributed by atoms with E-state index in [1.165, 1.54) is 0 Å². The lowest BCUT2D eigenvalue weighted by Crippen LogP contribution is -2.28. The Kier molecular flexibility index (Phi) is 4.09. The summed E-state index contributed by atoms with van der Waals surface area (Å²) in [7, 11) is 0. The first-order valence-electron chi connectivity index (χ1n) is 6.71. The molecule has 114 valence electrons. The Hall–Kier alpha value is -1.82. The number of hydrogen-bond acceptors (Lipinski definition) is 4. The molecule has 0 saturated carbocycles. The summed E-state index contributed by atoms with van der Waals surface area (Å²) in [6, 6.07) is 1.67. The van der Waals surface area contributed by atoms with Gasteiger partial charge in [0.25, 0.3) is 0 Å². The number of ether oxygens (including phenoxy) is 1. The van der Waals surface area contributed by atoms with Crippen molar-refractivity contribution < 1.29 is 9.53 Å². The third-order valence-corrected chi connectivity index (χ3v) is 2.86. The normalized spacial score (nSPS) is 12.0. The van der Waals surface area contributed by atoms with Gasteiger partial charge in [0.15, 0.2) is 10.8 Å². The van der Waals surface area contributed by atoms with Crippen LogP contribution in [-0.2, 0) is 4.74 Å². The number of nitrogens with zero attached hydrogens (tertiary/aromatic N) is 3. The summed E-state index contributed by atoms with van der Waals surface area (Å²) in [5, 5.41) is 7.29. The molecule has 0 aliphatic heterocycles. The van der Waals surface area contributed by atoms with Gasteiger partial charge < -0.3 is 4.74 Å². The maximum atomic E-state index is 11.9. The fourth-order valence-corrected chi connectivity index (χ4v) is 2.16. The van der Waals surface area contributed by atoms with Crippen LogP contribution >= 0.6 is 11.6 Å². The van der Waals surface area contributed by atoms with Gasteiger partial charge in [-0.1, -0.05) is 25.4 Å². The van der Waals surface area contributed by atoms with Crippen molar-refractivity contribution in [2.24, 2.45) is 0 Å². The third kappa shape index (κ3) is 3.64. The van der Waals surface area contributed by atoms with E-state index in [-0.39, 0.29) is 5.92 Å². The average molecular weight is 311 g/mol. The van der Waals surface area contributed by atoms with Crippen LogP contribution in [0.25, 0.3) is 5.65 Å². The number of amides is 1. The van der Waals surface area contributed by atoms with E-state index in [9.17, 15) is 4.79 Å². The molecule has 0 aromatic carbocycles. The van der Waals surface area contributed by atoms with Crippen LogP contribution in [0.15, 0.2) is 12.3 Å². The molecule has 6 nitrogen and oxygen atoms in total. The first-order chi connectivity index (χ1) is 9.67. The molecule has 2 rings (SSSR count). The van der Waals surface area contributed by atoms with Gasteiger partial charge in [-0.05, 0) is 26.7 Å². The molecule has 2 heterocycles. The van der Waals surface area contributed by atoms with Crippen molar-refractivity contribution in [1.29, 1.82) is 0 Å². The minimum Gasteiger partial charge on any atom is -0.444 e. The highest BCUT2D eigenvalue weighted by molar-refractivity contribution is 6.29. The fraction of sp³-hybridized carbons (Fsp3) is 0.500. The number of carbonyl (C=O) groups excluding carboxylic acids is 1. The van der Waals surface area contributed by atoms with Crippen LogP contribution in [-0.4, -0.2) is 26.3 Å². The number of anilines is 1. The number of fused-ring (bicyclic) bond motifs is 1. The van der Waals surface area contributed by atoms with Crippen LogP contribution in [0.2, 0.25) is 5.15 Å². The van der Waals surface area contributed by atoms with Gasteiger partial charge in [-0.3, -0.25) is 5.32 Å². The van der Waals surface area contributed by atoms with Crippen molar-refractivity contribution in [3.63, 3.8) is 0 Å². The van der Waals surface area contributed by atoms with Gasteiger partial charge in [0.1, 0.15) is 5.60 Å². The van der Waals surface area contributed by atoms with Crippen molar-refractivity contribution in [3.05, 3.63) is 23.1 Å². The molecule has 0 radical (unpaired) electrons. The van der Waals surface area contributed by atoms with Crippen LogP contribution in [0.3, 0.4) is 0 Å². The van der Waals surface area contributed by atoms with Gasteiger partial charge in [0, 0.05) is 6.07 Å². The minimum absolute atomic E-state index is 0.122. The molecule has 21 heavy (non-hydrogen) atoms. The first-order valence-corrected chi connectivity index (χ1v) is 7.09. The number of carbonyl (C=O) groups is 1. The zero-order chi connectivity index (χ0) is 15.8. The summed E-state index contributed by atoms with van der Waals surface area (Å²) in [5.41, 5.74) is 1.46. The smallest absolute Gasteiger partial charge is 0.412 e. The highest BCUT2D eigenvalue weighted by Gasteiger charge is 2.20. The third-order valence-electron chi connectivity index (χ3n) is 2.67. The molecular weight excluding hydrogens is 292 g/mol. The Labute approximate surface area is 128 Å². The molecule has 0 saturated heterocycles. The summed E-state index contributed by atoms with van der Waals surface area (Å²) in [5.74, 6) is 0.122. The lowest BCUT2D eigenvalue weighted by Gasteiger charge is -2.21. The van der Waals surface area contributed by atoms with E-state index in [0.29, 0.717) is 16.5 Å². The maximum absolute atomic E-state index is 11.9. The van der Waals surface area contributed by atoms with E-state index >= 15 is 0 Å². The summed E-state index contributed by atoms with van der Waals surface area (Å²) < 4.78 is 6.90. The average Bonchev–Trinajstić information content (AvgIpc) is 2.65. The molecule has 0 aliphatic carbocycles. The number of nitrogens with one attached hydrogen (secondary N) is 1. The molecule has 2 aromatic heterocycles.